The first-order valence-electron chi connectivity index (χ1n) is 9.61. The molecular weight excluding hydrogens is 509 g/mol. The van der Waals surface area contributed by atoms with Gasteiger partial charge in [-0.2, -0.15) is 8.78 Å². The van der Waals surface area contributed by atoms with Crippen molar-refractivity contribution in [3.05, 3.63) is 41.3 Å². The molecule has 0 saturated heterocycles. The van der Waals surface area contributed by atoms with Crippen LogP contribution in [0.4, 0.5) is 8.78 Å². The first-order valence-corrected chi connectivity index (χ1v) is 9.61. The number of guanidine groups is 1. The van der Waals surface area contributed by atoms with Gasteiger partial charge >= 0.3 is 6.61 Å². The van der Waals surface area contributed by atoms with Crippen LogP contribution in [0.2, 0.25) is 0 Å². The lowest BCUT2D eigenvalue weighted by atomic mass is 10.1. The largest absolute Gasteiger partial charge is 0.490 e. The zero-order valence-corrected chi connectivity index (χ0v) is 19.9. The van der Waals surface area contributed by atoms with Crippen molar-refractivity contribution in [2.24, 2.45) is 4.99 Å². The van der Waals surface area contributed by atoms with Crippen molar-refractivity contribution in [2.45, 2.75) is 53.3 Å². The monoisotopic (exact) mass is 538 g/mol. The lowest BCUT2D eigenvalue weighted by Crippen LogP contribution is -2.36. The van der Waals surface area contributed by atoms with Gasteiger partial charge in [0.15, 0.2) is 23.2 Å². The maximum atomic E-state index is 12.9. The second-order valence-electron chi connectivity index (χ2n) is 6.48. The van der Waals surface area contributed by atoms with Crippen LogP contribution in [-0.2, 0) is 13.1 Å². The summed E-state index contributed by atoms with van der Waals surface area (Å²) in [6.07, 6.45) is 0. The molecule has 0 atom stereocenters. The Morgan fingerprint density at radius 2 is 2.00 bits per heavy atom. The van der Waals surface area contributed by atoms with Crippen LogP contribution in [0.15, 0.2) is 33.8 Å². The van der Waals surface area contributed by atoms with Gasteiger partial charge in [-0.3, -0.25) is 0 Å². The lowest BCUT2D eigenvalue weighted by molar-refractivity contribution is -0.0520. The van der Waals surface area contributed by atoms with Gasteiger partial charge in [0, 0.05) is 18.2 Å². The number of nitrogens with one attached hydrogen (secondary N) is 2. The van der Waals surface area contributed by atoms with Gasteiger partial charge in [-0.25, -0.2) is 4.99 Å². The standard InChI is InChI=1S/C20H28F2N4O3.HI/c1-5-23-20(25-12-15-10-16(13(3)4)26-29-15)24-11-14-8-7-9-17(27-6-2)18(14)28-19(21)22;/h7-10,13,19H,5-6,11-12H2,1-4H3,(H2,23,24,25);1H. The van der Waals surface area contributed by atoms with Gasteiger partial charge in [0.05, 0.1) is 25.4 Å². The Balaban J connectivity index is 0.00000450. The zero-order chi connectivity index (χ0) is 21.2. The highest BCUT2D eigenvalue weighted by Gasteiger charge is 2.16. The minimum absolute atomic E-state index is 0. The van der Waals surface area contributed by atoms with E-state index in [-0.39, 0.29) is 47.9 Å². The van der Waals surface area contributed by atoms with Crippen LogP contribution >= 0.6 is 24.0 Å². The van der Waals surface area contributed by atoms with Crippen molar-refractivity contribution >= 4 is 29.9 Å². The minimum Gasteiger partial charge on any atom is -0.490 e. The Hall–Kier alpha value is -2.11. The van der Waals surface area contributed by atoms with Gasteiger partial charge in [-0.05, 0) is 25.8 Å². The molecule has 0 aliphatic rings. The van der Waals surface area contributed by atoms with Gasteiger partial charge in [0.2, 0.25) is 0 Å². The van der Waals surface area contributed by atoms with Crippen molar-refractivity contribution in [1.82, 2.24) is 15.8 Å². The number of alkyl halides is 2. The van der Waals surface area contributed by atoms with E-state index in [1.54, 1.807) is 25.1 Å². The molecule has 0 aliphatic heterocycles. The number of hydrogen-bond acceptors (Lipinski definition) is 5. The SMILES string of the molecule is CCNC(=NCc1cccc(OCC)c1OC(F)F)NCc1cc(C(C)C)no1.I. The van der Waals surface area contributed by atoms with Crippen LogP contribution in [0.5, 0.6) is 11.5 Å². The molecule has 1 aromatic heterocycles. The van der Waals surface area contributed by atoms with E-state index >= 15 is 0 Å². The van der Waals surface area contributed by atoms with Crippen LogP contribution < -0.4 is 20.1 Å². The molecule has 0 radical (unpaired) electrons. The Kier molecular flexibility index (Phi) is 11.4. The summed E-state index contributed by atoms with van der Waals surface area (Å²) < 4.78 is 41.1. The maximum absolute atomic E-state index is 12.9. The maximum Gasteiger partial charge on any atom is 0.387 e. The predicted molar refractivity (Wildman–Crippen MR) is 122 cm³/mol. The van der Waals surface area contributed by atoms with Gasteiger partial charge < -0.3 is 24.6 Å². The molecule has 0 saturated carbocycles. The summed E-state index contributed by atoms with van der Waals surface area (Å²) in [5.74, 6) is 1.74. The molecule has 168 valence electrons. The molecule has 7 nitrogen and oxygen atoms in total. The van der Waals surface area contributed by atoms with Crippen LogP contribution in [0.3, 0.4) is 0 Å². The summed E-state index contributed by atoms with van der Waals surface area (Å²) in [5.41, 5.74) is 1.38. The summed E-state index contributed by atoms with van der Waals surface area (Å²) in [5, 5.41) is 10.3. The number of halogens is 3. The van der Waals surface area contributed by atoms with Crippen molar-refractivity contribution in [2.75, 3.05) is 13.2 Å². The van der Waals surface area contributed by atoms with Crippen LogP contribution in [0, 0.1) is 0 Å². The smallest absolute Gasteiger partial charge is 0.387 e. The number of ether oxygens (including phenoxy) is 2. The normalized spacial score (nSPS) is 11.4. The van der Waals surface area contributed by atoms with Gasteiger partial charge in [-0.1, -0.05) is 31.1 Å². The van der Waals surface area contributed by atoms with E-state index in [1.807, 2.05) is 26.8 Å². The molecule has 2 aromatic rings. The molecule has 0 unspecified atom stereocenters. The Bertz CT molecular complexity index is 800. The Labute approximate surface area is 192 Å². The molecule has 0 aliphatic carbocycles. The summed E-state index contributed by atoms with van der Waals surface area (Å²) in [7, 11) is 0. The van der Waals surface area contributed by atoms with Crippen molar-refractivity contribution < 1.29 is 22.8 Å². The number of aliphatic imine (C=N–C) groups is 1. The van der Waals surface area contributed by atoms with E-state index < -0.39 is 6.61 Å². The third-order valence-corrected chi connectivity index (χ3v) is 3.92. The molecule has 1 aromatic carbocycles. The zero-order valence-electron chi connectivity index (χ0n) is 17.6. The Morgan fingerprint density at radius 1 is 1.23 bits per heavy atom. The first kappa shape index (κ1) is 25.9. The minimum atomic E-state index is -2.95. The third-order valence-electron chi connectivity index (χ3n) is 3.92. The van der Waals surface area contributed by atoms with E-state index in [1.165, 1.54) is 0 Å². The number of benzene rings is 1. The average molecular weight is 538 g/mol. The summed E-state index contributed by atoms with van der Waals surface area (Å²) in [6.45, 7) is 6.34. The highest BCUT2D eigenvalue weighted by Crippen LogP contribution is 2.33. The summed E-state index contributed by atoms with van der Waals surface area (Å²) >= 11 is 0. The fourth-order valence-corrected chi connectivity index (χ4v) is 2.54. The molecule has 30 heavy (non-hydrogen) atoms. The molecular formula is C20H29F2IN4O3. The van der Waals surface area contributed by atoms with Crippen molar-refractivity contribution in [3.8, 4) is 11.5 Å². The van der Waals surface area contributed by atoms with Crippen molar-refractivity contribution in [1.29, 1.82) is 0 Å². The van der Waals surface area contributed by atoms with E-state index in [0.29, 0.717) is 37.0 Å². The van der Waals surface area contributed by atoms with Gasteiger partial charge in [0.25, 0.3) is 0 Å². The molecule has 0 spiro atoms. The first-order chi connectivity index (χ1) is 13.9. The second kappa shape index (κ2) is 13.2. The summed E-state index contributed by atoms with van der Waals surface area (Å²) in [4.78, 5) is 4.46. The van der Waals surface area contributed by atoms with Crippen molar-refractivity contribution in [3.63, 3.8) is 0 Å². The number of nitrogens with zero attached hydrogens (tertiary/aromatic N) is 2. The Morgan fingerprint density at radius 3 is 2.60 bits per heavy atom. The molecule has 2 rings (SSSR count). The van der Waals surface area contributed by atoms with Crippen LogP contribution in [0.1, 0.15) is 50.6 Å². The molecule has 2 N–H and O–H groups in total. The lowest BCUT2D eigenvalue weighted by Gasteiger charge is -2.15. The number of rotatable bonds is 10. The number of para-hydroxylation sites is 1. The molecule has 1 heterocycles. The fourth-order valence-electron chi connectivity index (χ4n) is 2.54. The van der Waals surface area contributed by atoms with E-state index in [0.717, 1.165) is 5.69 Å². The van der Waals surface area contributed by atoms with E-state index in [2.05, 4.69) is 25.5 Å². The molecule has 0 fully saturated rings. The van der Waals surface area contributed by atoms with Crippen LogP contribution in [0.25, 0.3) is 0 Å². The third kappa shape index (κ3) is 7.96. The molecule has 10 heteroatoms. The highest BCUT2D eigenvalue weighted by atomic mass is 127. The molecule has 0 bridgehead atoms. The quantitative estimate of drug-likeness (QED) is 0.260. The average Bonchev–Trinajstić information content (AvgIpc) is 3.15. The van der Waals surface area contributed by atoms with E-state index in [4.69, 9.17) is 9.26 Å². The van der Waals surface area contributed by atoms with Gasteiger partial charge in [-0.15, -0.1) is 24.0 Å². The predicted octanol–water partition coefficient (Wildman–Crippen LogP) is 4.67. The highest BCUT2D eigenvalue weighted by molar-refractivity contribution is 14.0. The van der Waals surface area contributed by atoms with Gasteiger partial charge in [0.1, 0.15) is 0 Å². The number of hydrogen-bond donors (Lipinski definition) is 2. The molecule has 0 amide bonds. The van der Waals surface area contributed by atoms with Crippen LogP contribution in [-0.4, -0.2) is 30.9 Å². The van der Waals surface area contributed by atoms with E-state index in [9.17, 15) is 8.78 Å². The summed E-state index contributed by atoms with van der Waals surface area (Å²) in [6, 6.07) is 6.88. The second-order valence-corrected chi connectivity index (χ2v) is 6.48. The fraction of sp³-hybridized carbons (Fsp3) is 0.500. The topological polar surface area (TPSA) is 80.9 Å². The number of aromatic nitrogens is 1.